The quantitative estimate of drug-likeness (QED) is 0.844. The maximum absolute atomic E-state index is 12.0. The van der Waals surface area contributed by atoms with Crippen LogP contribution in [-0.4, -0.2) is 41.0 Å². The summed E-state index contributed by atoms with van der Waals surface area (Å²) in [7, 11) is 0. The van der Waals surface area contributed by atoms with Gasteiger partial charge in [0, 0.05) is 16.8 Å². The molecule has 0 radical (unpaired) electrons. The molecule has 1 aromatic carbocycles. The molecule has 2 rings (SSSR count). The van der Waals surface area contributed by atoms with Gasteiger partial charge in [0.25, 0.3) is 0 Å². The Bertz CT molecular complexity index is 529. The first-order valence-electron chi connectivity index (χ1n) is 6.47. The lowest BCUT2D eigenvalue weighted by atomic mass is 10.2. The third kappa shape index (κ3) is 4.21. The number of rotatable bonds is 6. The van der Waals surface area contributed by atoms with Crippen LogP contribution in [-0.2, 0) is 9.59 Å². The molecule has 1 aliphatic rings. The number of carboxylic acid groups (broad SMARTS) is 1. The summed E-state index contributed by atoms with van der Waals surface area (Å²) < 4.78 is 0. The highest BCUT2D eigenvalue weighted by molar-refractivity contribution is 6.30. The van der Waals surface area contributed by atoms with E-state index in [9.17, 15) is 9.59 Å². The van der Waals surface area contributed by atoms with Gasteiger partial charge >= 0.3 is 5.97 Å². The van der Waals surface area contributed by atoms with Crippen molar-refractivity contribution in [2.75, 3.05) is 18.4 Å². The van der Waals surface area contributed by atoms with Crippen LogP contribution in [0.2, 0.25) is 5.02 Å². The number of carbonyl (C=O) groups excluding carboxylic acids is 1. The standard InChI is InChI=1S/C14H17ClN2O3/c1-9-6-10(15)2-5-12(9)16-13(18)7-17(8-14(19)20)11-3-4-11/h2,5-6,11H,3-4,7-8H2,1H3,(H,16,18)(H,19,20). The monoisotopic (exact) mass is 296 g/mol. The van der Waals surface area contributed by atoms with Crippen LogP contribution in [0.3, 0.4) is 0 Å². The van der Waals surface area contributed by atoms with Crippen LogP contribution >= 0.6 is 11.6 Å². The molecule has 0 unspecified atom stereocenters. The first kappa shape index (κ1) is 14.8. The number of anilines is 1. The SMILES string of the molecule is Cc1cc(Cl)ccc1NC(=O)CN(CC(=O)O)C1CC1. The van der Waals surface area contributed by atoms with Crippen molar-refractivity contribution >= 4 is 29.2 Å². The first-order valence-corrected chi connectivity index (χ1v) is 6.85. The Balaban J connectivity index is 1.95. The number of aliphatic carboxylic acids is 1. The summed E-state index contributed by atoms with van der Waals surface area (Å²) in [6, 6.07) is 5.45. The van der Waals surface area contributed by atoms with Crippen molar-refractivity contribution in [2.45, 2.75) is 25.8 Å². The molecule has 0 aliphatic heterocycles. The number of amides is 1. The maximum Gasteiger partial charge on any atom is 0.317 e. The molecular weight excluding hydrogens is 280 g/mol. The van der Waals surface area contributed by atoms with Crippen molar-refractivity contribution in [3.05, 3.63) is 28.8 Å². The summed E-state index contributed by atoms with van der Waals surface area (Å²) in [6.45, 7) is 1.86. The second-order valence-electron chi connectivity index (χ2n) is 5.04. The third-order valence-corrected chi connectivity index (χ3v) is 3.45. The molecule has 0 aromatic heterocycles. The van der Waals surface area contributed by atoms with Crippen LogP contribution in [0.15, 0.2) is 18.2 Å². The zero-order chi connectivity index (χ0) is 14.7. The third-order valence-electron chi connectivity index (χ3n) is 3.21. The van der Waals surface area contributed by atoms with Crippen molar-refractivity contribution in [1.82, 2.24) is 4.90 Å². The molecule has 5 nitrogen and oxygen atoms in total. The molecule has 1 amide bonds. The van der Waals surface area contributed by atoms with Crippen LogP contribution in [0.1, 0.15) is 18.4 Å². The number of carbonyl (C=O) groups is 2. The van der Waals surface area contributed by atoms with Crippen LogP contribution < -0.4 is 5.32 Å². The minimum absolute atomic E-state index is 0.0963. The molecule has 0 spiro atoms. The molecule has 108 valence electrons. The van der Waals surface area contributed by atoms with E-state index in [1.807, 2.05) is 6.92 Å². The smallest absolute Gasteiger partial charge is 0.317 e. The predicted molar refractivity (Wildman–Crippen MR) is 77.0 cm³/mol. The Morgan fingerprint density at radius 3 is 2.65 bits per heavy atom. The van der Waals surface area contributed by atoms with Gasteiger partial charge in [-0.1, -0.05) is 11.6 Å². The van der Waals surface area contributed by atoms with Crippen molar-refractivity contribution in [1.29, 1.82) is 0 Å². The lowest BCUT2D eigenvalue weighted by Crippen LogP contribution is -2.38. The summed E-state index contributed by atoms with van der Waals surface area (Å²) in [5, 5.41) is 12.3. The van der Waals surface area contributed by atoms with Crippen molar-refractivity contribution in [3.63, 3.8) is 0 Å². The van der Waals surface area contributed by atoms with Gasteiger partial charge in [0.15, 0.2) is 0 Å². The average molecular weight is 297 g/mol. The van der Waals surface area contributed by atoms with E-state index in [2.05, 4.69) is 5.32 Å². The van der Waals surface area contributed by atoms with Gasteiger partial charge in [-0.2, -0.15) is 0 Å². The van der Waals surface area contributed by atoms with Crippen LogP contribution in [0, 0.1) is 6.92 Å². The number of hydrogen-bond acceptors (Lipinski definition) is 3. The molecule has 1 saturated carbocycles. The molecule has 20 heavy (non-hydrogen) atoms. The van der Waals surface area contributed by atoms with Crippen LogP contribution in [0.5, 0.6) is 0 Å². The number of benzene rings is 1. The van der Waals surface area contributed by atoms with Crippen molar-refractivity contribution in [3.8, 4) is 0 Å². The Kier molecular flexibility index (Phi) is 4.62. The van der Waals surface area contributed by atoms with Gasteiger partial charge in [0.05, 0.1) is 13.1 Å². The summed E-state index contributed by atoms with van der Waals surface area (Å²) in [6.07, 6.45) is 1.92. The fourth-order valence-electron chi connectivity index (χ4n) is 2.07. The highest BCUT2D eigenvalue weighted by Crippen LogP contribution is 2.26. The van der Waals surface area contributed by atoms with Gasteiger partial charge in [-0.25, -0.2) is 0 Å². The molecule has 1 aromatic rings. The molecule has 0 heterocycles. The number of nitrogens with one attached hydrogen (secondary N) is 1. The summed E-state index contributed by atoms with van der Waals surface area (Å²) in [4.78, 5) is 24.5. The zero-order valence-electron chi connectivity index (χ0n) is 11.2. The molecule has 0 bridgehead atoms. The number of halogens is 1. The lowest BCUT2D eigenvalue weighted by Gasteiger charge is -2.19. The largest absolute Gasteiger partial charge is 0.480 e. The van der Waals surface area contributed by atoms with Gasteiger partial charge in [0.1, 0.15) is 0 Å². The van der Waals surface area contributed by atoms with Gasteiger partial charge < -0.3 is 10.4 Å². The van der Waals surface area contributed by atoms with Crippen LogP contribution in [0.4, 0.5) is 5.69 Å². The maximum atomic E-state index is 12.0. The molecular formula is C14H17ClN2O3. The first-order chi connectivity index (χ1) is 9.45. The molecule has 0 atom stereocenters. The van der Waals surface area contributed by atoms with E-state index in [0.29, 0.717) is 10.7 Å². The van der Waals surface area contributed by atoms with E-state index in [1.54, 1.807) is 23.1 Å². The highest BCUT2D eigenvalue weighted by atomic mass is 35.5. The van der Waals surface area contributed by atoms with E-state index in [4.69, 9.17) is 16.7 Å². The van der Waals surface area contributed by atoms with E-state index in [1.165, 1.54) is 0 Å². The predicted octanol–water partition coefficient (Wildman–Crippen LogP) is 2.14. The second kappa shape index (κ2) is 6.24. The Hall–Kier alpha value is -1.59. The average Bonchev–Trinajstić information content (AvgIpc) is 3.15. The van der Waals surface area contributed by atoms with Crippen molar-refractivity contribution < 1.29 is 14.7 Å². The van der Waals surface area contributed by atoms with Gasteiger partial charge in [0.2, 0.25) is 5.91 Å². The number of aryl methyl sites for hydroxylation is 1. The van der Waals surface area contributed by atoms with Crippen LogP contribution in [0.25, 0.3) is 0 Å². The van der Waals surface area contributed by atoms with Crippen molar-refractivity contribution in [2.24, 2.45) is 0 Å². The minimum atomic E-state index is -0.910. The topological polar surface area (TPSA) is 69.6 Å². The Morgan fingerprint density at radius 2 is 2.10 bits per heavy atom. The highest BCUT2D eigenvalue weighted by Gasteiger charge is 2.31. The summed E-state index contributed by atoms with van der Waals surface area (Å²) in [5.41, 5.74) is 1.58. The molecule has 6 heteroatoms. The van der Waals surface area contributed by atoms with E-state index in [-0.39, 0.29) is 25.0 Å². The molecule has 1 aliphatic carbocycles. The summed E-state index contributed by atoms with van der Waals surface area (Å²) >= 11 is 5.86. The fraction of sp³-hybridized carbons (Fsp3) is 0.429. The zero-order valence-corrected chi connectivity index (χ0v) is 12.0. The fourth-order valence-corrected chi connectivity index (χ4v) is 2.30. The van der Waals surface area contributed by atoms with Gasteiger partial charge in [-0.05, 0) is 43.5 Å². The second-order valence-corrected chi connectivity index (χ2v) is 5.47. The molecule has 2 N–H and O–H groups in total. The molecule has 1 fully saturated rings. The van der Waals surface area contributed by atoms with Gasteiger partial charge in [-0.3, -0.25) is 14.5 Å². The van der Waals surface area contributed by atoms with E-state index < -0.39 is 5.97 Å². The number of hydrogen-bond donors (Lipinski definition) is 2. The normalized spacial score (nSPS) is 14.3. The Morgan fingerprint density at radius 1 is 1.40 bits per heavy atom. The van der Waals surface area contributed by atoms with E-state index in [0.717, 1.165) is 18.4 Å². The lowest BCUT2D eigenvalue weighted by molar-refractivity contribution is -0.138. The Labute approximate surface area is 122 Å². The van der Waals surface area contributed by atoms with E-state index >= 15 is 0 Å². The minimum Gasteiger partial charge on any atom is -0.480 e. The number of nitrogens with zero attached hydrogens (tertiary/aromatic N) is 1. The summed E-state index contributed by atoms with van der Waals surface area (Å²) in [5.74, 6) is -1.11. The molecule has 0 saturated heterocycles. The number of carboxylic acids is 1. The van der Waals surface area contributed by atoms with Gasteiger partial charge in [-0.15, -0.1) is 0 Å².